The standard InChI is InChI=1S/C20H19FN2O2S/c1-13(2)11-25-15-9-7-14(8-10-15)20-23-18(12-26-20)19(24)22-17-6-4-3-5-16(17)21/h3-10,12-13H,11H2,1-2H3,(H,22,24). The van der Waals surface area contributed by atoms with Crippen molar-refractivity contribution in [1.29, 1.82) is 0 Å². The van der Waals surface area contributed by atoms with E-state index in [0.29, 0.717) is 12.5 Å². The second-order valence-electron chi connectivity index (χ2n) is 6.20. The highest BCUT2D eigenvalue weighted by Crippen LogP contribution is 2.26. The van der Waals surface area contributed by atoms with Crippen LogP contribution in [0.15, 0.2) is 53.9 Å². The van der Waals surface area contributed by atoms with Gasteiger partial charge in [-0.15, -0.1) is 11.3 Å². The van der Waals surface area contributed by atoms with E-state index in [-0.39, 0.29) is 11.4 Å². The van der Waals surface area contributed by atoms with Crippen molar-refractivity contribution in [3.05, 3.63) is 65.4 Å². The molecule has 0 fully saturated rings. The van der Waals surface area contributed by atoms with Gasteiger partial charge in [-0.2, -0.15) is 0 Å². The van der Waals surface area contributed by atoms with E-state index >= 15 is 0 Å². The molecule has 0 bridgehead atoms. The van der Waals surface area contributed by atoms with E-state index in [0.717, 1.165) is 16.3 Å². The molecule has 4 nitrogen and oxygen atoms in total. The maximum Gasteiger partial charge on any atom is 0.275 e. The number of amides is 1. The number of carbonyl (C=O) groups excluding carboxylic acids is 1. The molecule has 0 atom stereocenters. The van der Waals surface area contributed by atoms with Crippen molar-refractivity contribution in [2.75, 3.05) is 11.9 Å². The van der Waals surface area contributed by atoms with Gasteiger partial charge in [0.25, 0.3) is 5.91 Å². The van der Waals surface area contributed by atoms with E-state index in [1.54, 1.807) is 17.5 Å². The Morgan fingerprint density at radius 2 is 1.92 bits per heavy atom. The zero-order chi connectivity index (χ0) is 18.5. The van der Waals surface area contributed by atoms with Gasteiger partial charge in [-0.1, -0.05) is 26.0 Å². The molecule has 0 saturated heterocycles. The molecule has 1 amide bonds. The highest BCUT2D eigenvalue weighted by Gasteiger charge is 2.14. The third-order valence-electron chi connectivity index (χ3n) is 3.54. The molecular weight excluding hydrogens is 351 g/mol. The van der Waals surface area contributed by atoms with Crippen molar-refractivity contribution in [3.63, 3.8) is 0 Å². The third kappa shape index (κ3) is 4.46. The van der Waals surface area contributed by atoms with Crippen molar-refractivity contribution < 1.29 is 13.9 Å². The molecule has 1 aromatic heterocycles. The maximum absolute atomic E-state index is 13.6. The molecule has 0 aliphatic heterocycles. The summed E-state index contributed by atoms with van der Waals surface area (Å²) in [5.74, 6) is 0.350. The number of thiazole rings is 1. The molecule has 0 spiro atoms. The number of anilines is 1. The molecule has 0 aliphatic rings. The fourth-order valence-corrected chi connectivity index (χ4v) is 3.02. The second kappa shape index (κ2) is 8.10. The molecule has 3 rings (SSSR count). The van der Waals surface area contributed by atoms with Crippen LogP contribution < -0.4 is 10.1 Å². The summed E-state index contributed by atoms with van der Waals surface area (Å²) >= 11 is 1.36. The lowest BCUT2D eigenvalue weighted by Crippen LogP contribution is -2.13. The largest absolute Gasteiger partial charge is 0.493 e. The summed E-state index contributed by atoms with van der Waals surface area (Å²) in [6.07, 6.45) is 0. The molecule has 3 aromatic rings. The first kappa shape index (κ1) is 18.1. The first-order chi connectivity index (χ1) is 12.5. The Hall–Kier alpha value is -2.73. The van der Waals surface area contributed by atoms with Gasteiger partial charge < -0.3 is 10.1 Å². The van der Waals surface area contributed by atoms with E-state index < -0.39 is 11.7 Å². The number of halogens is 1. The highest BCUT2D eigenvalue weighted by atomic mass is 32.1. The minimum absolute atomic E-state index is 0.138. The summed E-state index contributed by atoms with van der Waals surface area (Å²) in [6.45, 7) is 4.85. The van der Waals surface area contributed by atoms with Crippen molar-refractivity contribution >= 4 is 22.9 Å². The fourth-order valence-electron chi connectivity index (χ4n) is 2.22. The van der Waals surface area contributed by atoms with Crippen molar-refractivity contribution in [2.45, 2.75) is 13.8 Å². The molecule has 134 valence electrons. The van der Waals surface area contributed by atoms with Crippen LogP contribution in [0.2, 0.25) is 0 Å². The number of hydrogen-bond acceptors (Lipinski definition) is 4. The van der Waals surface area contributed by atoms with Crippen LogP contribution in [0.4, 0.5) is 10.1 Å². The number of ether oxygens (including phenoxy) is 1. The van der Waals surface area contributed by atoms with E-state index in [2.05, 4.69) is 24.1 Å². The first-order valence-electron chi connectivity index (χ1n) is 8.27. The monoisotopic (exact) mass is 370 g/mol. The number of benzene rings is 2. The number of carbonyl (C=O) groups is 1. The van der Waals surface area contributed by atoms with Gasteiger partial charge in [0.15, 0.2) is 0 Å². The number of nitrogens with zero attached hydrogens (tertiary/aromatic N) is 1. The molecule has 0 radical (unpaired) electrons. The van der Waals surface area contributed by atoms with E-state index in [4.69, 9.17) is 4.74 Å². The van der Waals surface area contributed by atoms with Gasteiger partial charge in [0.1, 0.15) is 22.3 Å². The Balaban J connectivity index is 1.69. The minimum Gasteiger partial charge on any atom is -0.493 e. The lowest BCUT2D eigenvalue weighted by atomic mass is 10.2. The Labute approximate surface area is 155 Å². The quantitative estimate of drug-likeness (QED) is 0.646. The first-order valence-corrected chi connectivity index (χ1v) is 9.15. The number of nitrogens with one attached hydrogen (secondary N) is 1. The lowest BCUT2D eigenvalue weighted by molar-refractivity contribution is 0.102. The fraction of sp³-hybridized carbons (Fsp3) is 0.200. The van der Waals surface area contributed by atoms with Crippen LogP contribution in [-0.2, 0) is 0 Å². The Morgan fingerprint density at radius 1 is 1.19 bits per heavy atom. The van der Waals surface area contributed by atoms with Gasteiger partial charge in [0.05, 0.1) is 12.3 Å². The Bertz CT molecular complexity index is 891. The highest BCUT2D eigenvalue weighted by molar-refractivity contribution is 7.13. The average Bonchev–Trinajstić information content (AvgIpc) is 3.12. The van der Waals surface area contributed by atoms with Crippen molar-refractivity contribution in [3.8, 4) is 16.3 Å². The van der Waals surface area contributed by atoms with Gasteiger partial charge in [-0.05, 0) is 42.3 Å². The van der Waals surface area contributed by atoms with Crippen molar-refractivity contribution in [1.82, 2.24) is 4.98 Å². The zero-order valence-corrected chi connectivity index (χ0v) is 15.3. The van der Waals surface area contributed by atoms with Gasteiger partial charge in [-0.25, -0.2) is 9.37 Å². The molecular formula is C20H19FN2O2S. The molecule has 26 heavy (non-hydrogen) atoms. The summed E-state index contributed by atoms with van der Waals surface area (Å²) in [4.78, 5) is 16.6. The van der Waals surface area contributed by atoms with E-state index in [9.17, 15) is 9.18 Å². The van der Waals surface area contributed by atoms with Crippen LogP contribution in [0.1, 0.15) is 24.3 Å². The van der Waals surface area contributed by atoms with Gasteiger partial charge in [0.2, 0.25) is 0 Å². The van der Waals surface area contributed by atoms with Crippen LogP contribution in [0.5, 0.6) is 5.75 Å². The summed E-state index contributed by atoms with van der Waals surface area (Å²) in [5.41, 5.74) is 1.30. The molecule has 2 aromatic carbocycles. The smallest absolute Gasteiger partial charge is 0.275 e. The topological polar surface area (TPSA) is 51.2 Å². The summed E-state index contributed by atoms with van der Waals surface area (Å²) < 4.78 is 19.3. The summed E-state index contributed by atoms with van der Waals surface area (Å²) in [5, 5.41) is 4.92. The number of hydrogen-bond donors (Lipinski definition) is 1. The molecule has 0 unspecified atom stereocenters. The van der Waals surface area contributed by atoms with Crippen LogP contribution >= 0.6 is 11.3 Å². The SMILES string of the molecule is CC(C)COc1ccc(-c2nc(C(=O)Nc3ccccc3F)cs2)cc1. The Kier molecular flexibility index (Phi) is 5.63. The average molecular weight is 370 g/mol. The zero-order valence-electron chi connectivity index (χ0n) is 14.5. The molecule has 1 N–H and O–H groups in total. The molecule has 0 aliphatic carbocycles. The van der Waals surface area contributed by atoms with E-state index in [1.165, 1.54) is 23.5 Å². The third-order valence-corrected chi connectivity index (χ3v) is 4.43. The number of aromatic nitrogens is 1. The van der Waals surface area contributed by atoms with Gasteiger partial charge in [-0.3, -0.25) is 4.79 Å². The minimum atomic E-state index is -0.478. The number of para-hydroxylation sites is 1. The second-order valence-corrected chi connectivity index (χ2v) is 7.06. The Morgan fingerprint density at radius 3 is 2.62 bits per heavy atom. The van der Waals surface area contributed by atoms with Gasteiger partial charge >= 0.3 is 0 Å². The van der Waals surface area contributed by atoms with Gasteiger partial charge in [0, 0.05) is 10.9 Å². The van der Waals surface area contributed by atoms with Crippen LogP contribution in [-0.4, -0.2) is 17.5 Å². The van der Waals surface area contributed by atoms with Crippen molar-refractivity contribution in [2.24, 2.45) is 5.92 Å². The molecule has 0 saturated carbocycles. The maximum atomic E-state index is 13.6. The van der Waals surface area contributed by atoms with Crippen LogP contribution in [0, 0.1) is 11.7 Å². The summed E-state index contributed by atoms with van der Waals surface area (Å²) in [6, 6.07) is 13.6. The number of rotatable bonds is 6. The lowest BCUT2D eigenvalue weighted by Gasteiger charge is -2.08. The normalized spacial score (nSPS) is 10.8. The van der Waals surface area contributed by atoms with Crippen LogP contribution in [0.3, 0.4) is 0 Å². The van der Waals surface area contributed by atoms with Crippen LogP contribution in [0.25, 0.3) is 10.6 Å². The predicted octanol–water partition coefficient (Wildman–Crippen LogP) is 5.24. The summed E-state index contributed by atoms with van der Waals surface area (Å²) in [7, 11) is 0. The molecule has 6 heteroatoms. The molecule has 1 heterocycles. The van der Waals surface area contributed by atoms with E-state index in [1.807, 2.05) is 24.3 Å². The predicted molar refractivity (Wildman–Crippen MR) is 102 cm³/mol.